The summed E-state index contributed by atoms with van der Waals surface area (Å²) in [6.45, 7) is 5.11. The Morgan fingerprint density at radius 2 is 0.538 bits per heavy atom. The molecule has 0 spiro atoms. The van der Waals surface area contributed by atoms with E-state index in [-0.39, 0.29) is 19.3 Å². The minimum atomic E-state index is -2.13. The third-order valence-corrected chi connectivity index (χ3v) is 17.5. The van der Waals surface area contributed by atoms with Crippen molar-refractivity contribution in [3.05, 3.63) is 0 Å². The van der Waals surface area contributed by atoms with Crippen LogP contribution in [0.5, 0.6) is 0 Å². The van der Waals surface area contributed by atoms with E-state index in [4.69, 9.17) is 14.2 Å². The van der Waals surface area contributed by atoms with Gasteiger partial charge >= 0.3 is 17.9 Å². The van der Waals surface area contributed by atoms with Crippen molar-refractivity contribution in [3.8, 4) is 0 Å². The van der Waals surface area contributed by atoms with Crippen molar-refractivity contribution in [1.82, 2.24) is 0 Å². The van der Waals surface area contributed by atoms with E-state index in [9.17, 15) is 29.7 Å². The lowest BCUT2D eigenvalue weighted by Crippen LogP contribution is -2.63. The number of cyclic esters (lactones) is 3. The van der Waals surface area contributed by atoms with Gasteiger partial charge in [0.05, 0.1) is 13.2 Å². The highest BCUT2D eigenvalue weighted by atomic mass is 16.7. The molecule has 0 amide bonds. The average Bonchev–Trinajstić information content (AvgIpc) is 3.53. The first-order valence-electron chi connectivity index (χ1n) is 34.8. The predicted molar refractivity (Wildman–Crippen MR) is 328 cm³/mol. The van der Waals surface area contributed by atoms with Gasteiger partial charge in [-0.25, -0.2) is 14.4 Å². The van der Waals surface area contributed by atoms with Crippen LogP contribution >= 0.6 is 0 Å². The molecule has 0 radical (unpaired) electrons. The van der Waals surface area contributed by atoms with Crippen LogP contribution in [0.2, 0.25) is 0 Å². The quantitative estimate of drug-likeness (QED) is 0.0309. The van der Waals surface area contributed by atoms with E-state index < -0.39 is 54.5 Å². The fourth-order valence-electron chi connectivity index (χ4n) is 12.2. The van der Waals surface area contributed by atoms with Gasteiger partial charge in [0.2, 0.25) is 17.8 Å². The minimum Gasteiger partial charge on any atom is -0.445 e. The molecule has 1 saturated heterocycles. The van der Waals surface area contributed by atoms with Gasteiger partial charge < -0.3 is 29.5 Å². The van der Waals surface area contributed by atoms with Gasteiger partial charge in [-0.15, -0.1) is 0 Å². The molecule has 0 saturated carbocycles. The summed E-state index contributed by atoms with van der Waals surface area (Å²) in [5, 5.41) is 33.6. The minimum absolute atomic E-state index is 0.0231. The first-order chi connectivity index (χ1) is 38.2. The third-order valence-electron chi connectivity index (χ3n) is 17.5. The summed E-state index contributed by atoms with van der Waals surface area (Å²) in [5.41, 5.74) is -3.91. The molecule has 0 aromatic carbocycles. The fraction of sp³-hybridized carbons (Fsp3) is 0.957. The van der Waals surface area contributed by atoms with Crippen LogP contribution in [0.1, 0.15) is 387 Å². The second-order valence-corrected chi connectivity index (χ2v) is 24.7. The summed E-state index contributed by atoms with van der Waals surface area (Å²) in [7, 11) is 0. The van der Waals surface area contributed by atoms with Crippen LogP contribution in [0.4, 0.5) is 0 Å². The first kappa shape index (κ1) is 74.3. The Balaban J connectivity index is 2.85. The Morgan fingerprint density at radius 1 is 0.321 bits per heavy atom. The molecule has 78 heavy (non-hydrogen) atoms. The Labute approximate surface area is 483 Å². The molecule has 9 nitrogen and oxygen atoms in total. The van der Waals surface area contributed by atoms with Crippen molar-refractivity contribution in [2.75, 3.05) is 13.2 Å². The van der Waals surface area contributed by atoms with Crippen LogP contribution in [0.25, 0.3) is 0 Å². The van der Waals surface area contributed by atoms with Crippen molar-refractivity contribution in [2.24, 2.45) is 0 Å². The van der Waals surface area contributed by atoms with E-state index in [1.807, 2.05) is 0 Å². The highest BCUT2D eigenvalue weighted by molar-refractivity contribution is 5.91. The van der Waals surface area contributed by atoms with Crippen LogP contribution in [0, 0.1) is 0 Å². The van der Waals surface area contributed by atoms with Gasteiger partial charge in [0.25, 0.3) is 0 Å². The summed E-state index contributed by atoms with van der Waals surface area (Å²) < 4.78 is 17.2. The van der Waals surface area contributed by atoms with Gasteiger partial charge in [0.1, 0.15) is 5.60 Å². The number of aliphatic hydroxyl groups is 3. The van der Waals surface area contributed by atoms with Gasteiger partial charge in [0.15, 0.2) is 0 Å². The molecule has 0 bridgehead atoms. The van der Waals surface area contributed by atoms with E-state index in [1.165, 1.54) is 263 Å². The molecule has 1 aliphatic heterocycles. The Kier molecular flexibility index (Phi) is 51.9. The highest BCUT2D eigenvalue weighted by Crippen LogP contribution is 2.43. The molecule has 0 aliphatic carbocycles. The number of ether oxygens (including phenoxy) is 3. The molecular formula is C69H132O9. The molecule has 1 rings (SSSR count). The Bertz CT molecular complexity index is 1320. The van der Waals surface area contributed by atoms with E-state index >= 15 is 0 Å². The van der Waals surface area contributed by atoms with E-state index in [1.54, 1.807) is 0 Å². The summed E-state index contributed by atoms with van der Waals surface area (Å²) in [4.78, 5) is 41.7. The smallest absolute Gasteiger partial charge is 0.354 e. The zero-order chi connectivity index (χ0) is 56.7. The number of esters is 3. The second-order valence-electron chi connectivity index (χ2n) is 24.7. The Hall–Kier alpha value is -1.71. The lowest BCUT2D eigenvalue weighted by atomic mass is 9.72. The monoisotopic (exact) mass is 1100 g/mol. The second kappa shape index (κ2) is 54.5. The number of rotatable bonds is 60. The molecule has 462 valence electrons. The van der Waals surface area contributed by atoms with E-state index in [0.29, 0.717) is 19.3 Å². The summed E-state index contributed by atoms with van der Waals surface area (Å²) in [6, 6.07) is 0. The van der Waals surface area contributed by atoms with Crippen molar-refractivity contribution in [3.63, 3.8) is 0 Å². The van der Waals surface area contributed by atoms with Crippen LogP contribution < -0.4 is 0 Å². The topological polar surface area (TPSA) is 140 Å². The van der Waals surface area contributed by atoms with Gasteiger partial charge in [-0.3, -0.25) is 0 Å². The molecule has 1 heterocycles. The van der Waals surface area contributed by atoms with E-state index in [0.717, 1.165) is 64.2 Å². The van der Waals surface area contributed by atoms with Crippen LogP contribution in [-0.2, 0) is 28.6 Å². The van der Waals surface area contributed by atoms with E-state index in [2.05, 4.69) is 20.8 Å². The molecule has 9 heteroatoms. The lowest BCUT2D eigenvalue weighted by Gasteiger charge is -2.45. The van der Waals surface area contributed by atoms with Crippen molar-refractivity contribution in [1.29, 1.82) is 0 Å². The largest absolute Gasteiger partial charge is 0.445 e. The lowest BCUT2D eigenvalue weighted by molar-refractivity contribution is -0.225. The predicted octanol–water partition coefficient (Wildman–Crippen LogP) is 20.1. The average molecular weight is 1110 g/mol. The zero-order valence-corrected chi connectivity index (χ0v) is 52.2. The maximum absolute atomic E-state index is 14.7. The fourth-order valence-corrected chi connectivity index (χ4v) is 12.2. The number of unbranched alkanes of at least 4 members (excludes halogenated alkanes) is 51. The first-order valence-corrected chi connectivity index (χ1v) is 34.8. The number of aliphatic hydroxyl groups excluding tert-OH is 2. The molecule has 0 aromatic heterocycles. The van der Waals surface area contributed by atoms with Crippen molar-refractivity contribution < 1.29 is 43.9 Å². The summed E-state index contributed by atoms with van der Waals surface area (Å²) in [6.07, 6.45) is 63.7. The maximum atomic E-state index is 14.7. The molecule has 0 aromatic rings. The molecule has 4 unspecified atom stereocenters. The Morgan fingerprint density at radius 3 is 0.782 bits per heavy atom. The normalized spacial score (nSPS) is 17.8. The zero-order valence-electron chi connectivity index (χ0n) is 52.2. The number of hydrogen-bond donors (Lipinski definition) is 3. The third kappa shape index (κ3) is 38.9. The number of carbonyl (C=O) groups excluding carboxylic acids is 3. The standard InChI is InChI=1S/C69H132O9/c1-4-7-10-13-16-19-22-25-28-30-32-34-36-38-41-44-47-50-53-56-59-68(75,58-55-52-49-46-43-40-27-24-21-18-15-12-9-6-3)69(67(74)77-63(61-70)65(72)76-64(62-71)66(73)78-69)60-57-54-51-48-45-42-39-37-35-33-31-29-26-23-20-17-14-11-8-5-2/h63-64,70-71,75H,4-62H2,1-3H3. The summed E-state index contributed by atoms with van der Waals surface area (Å²) >= 11 is 0. The molecule has 4 atom stereocenters. The SMILES string of the molecule is CCCCCCCCCCCCCCCCCCCCCCC(O)(CCCCCCCCCCCCCCCC)C1(CCCCCCCCCCCCCCCCCCCCCC)OC(=O)C(CO)OC(=O)C(CO)OC1=O. The van der Waals surface area contributed by atoms with Gasteiger partial charge in [-0.05, 0) is 19.3 Å². The molecule has 1 fully saturated rings. The molecule has 1 aliphatic rings. The maximum Gasteiger partial charge on any atom is 0.354 e. The van der Waals surface area contributed by atoms with Gasteiger partial charge in [0, 0.05) is 6.42 Å². The van der Waals surface area contributed by atoms with Crippen molar-refractivity contribution in [2.45, 2.75) is 410 Å². The number of hydrogen-bond acceptors (Lipinski definition) is 9. The summed E-state index contributed by atoms with van der Waals surface area (Å²) in [5.74, 6) is -3.21. The van der Waals surface area contributed by atoms with Gasteiger partial charge in [-0.1, -0.05) is 361 Å². The van der Waals surface area contributed by atoms with Crippen LogP contribution in [0.3, 0.4) is 0 Å². The van der Waals surface area contributed by atoms with Gasteiger partial charge in [-0.2, -0.15) is 0 Å². The van der Waals surface area contributed by atoms with Crippen LogP contribution in [0.15, 0.2) is 0 Å². The number of carbonyl (C=O) groups is 3. The molecule has 3 N–H and O–H groups in total. The van der Waals surface area contributed by atoms with Crippen molar-refractivity contribution >= 4 is 17.9 Å². The highest BCUT2D eigenvalue weighted by Gasteiger charge is 2.61. The van der Waals surface area contributed by atoms with Crippen LogP contribution in [-0.4, -0.2) is 69.9 Å². The molecular weight excluding hydrogens is 973 g/mol.